The van der Waals surface area contributed by atoms with Crippen molar-refractivity contribution in [2.24, 2.45) is 0 Å². The molecule has 0 radical (unpaired) electrons. The highest BCUT2D eigenvalue weighted by atomic mass is 19.1. The minimum Gasteiger partial charge on any atom is -0.478 e. The summed E-state index contributed by atoms with van der Waals surface area (Å²) in [5.74, 6) is -1.44. The molecule has 5 nitrogen and oxygen atoms in total. The number of aromatic nitrogens is 2. The molecular formula is C11H8FN3O2. The van der Waals surface area contributed by atoms with Crippen molar-refractivity contribution in [3.05, 3.63) is 48.2 Å². The van der Waals surface area contributed by atoms with Crippen molar-refractivity contribution >= 4 is 17.5 Å². The molecule has 1 aromatic carbocycles. The summed E-state index contributed by atoms with van der Waals surface area (Å²) in [5.41, 5.74) is 0.0442. The molecule has 1 aromatic heterocycles. The first-order valence-electron chi connectivity index (χ1n) is 4.72. The molecule has 2 rings (SSSR count). The molecule has 86 valence electrons. The van der Waals surface area contributed by atoms with Crippen molar-refractivity contribution in [3.8, 4) is 0 Å². The molecule has 1 heterocycles. The minimum absolute atomic E-state index is 0.104. The molecule has 0 aliphatic heterocycles. The van der Waals surface area contributed by atoms with Crippen LogP contribution < -0.4 is 5.32 Å². The smallest absolute Gasteiger partial charge is 0.335 e. The van der Waals surface area contributed by atoms with Gasteiger partial charge in [-0.2, -0.15) is 0 Å². The van der Waals surface area contributed by atoms with Crippen molar-refractivity contribution in [2.75, 3.05) is 5.32 Å². The first kappa shape index (κ1) is 11.0. The van der Waals surface area contributed by atoms with E-state index in [1.165, 1.54) is 30.7 Å². The van der Waals surface area contributed by atoms with Crippen LogP contribution in [0.5, 0.6) is 0 Å². The number of rotatable bonds is 3. The van der Waals surface area contributed by atoms with Gasteiger partial charge in [-0.05, 0) is 18.2 Å². The number of hydrogen-bond donors (Lipinski definition) is 2. The van der Waals surface area contributed by atoms with Gasteiger partial charge in [0.25, 0.3) is 0 Å². The molecule has 0 spiro atoms. The van der Waals surface area contributed by atoms with Crippen LogP contribution in [0.15, 0.2) is 36.8 Å². The summed E-state index contributed by atoms with van der Waals surface area (Å²) in [6.07, 6.45) is 4.39. The normalized spacial score (nSPS) is 9.94. The van der Waals surface area contributed by atoms with Gasteiger partial charge in [-0.1, -0.05) is 0 Å². The summed E-state index contributed by atoms with van der Waals surface area (Å²) in [4.78, 5) is 18.3. The molecule has 0 amide bonds. The Bertz CT molecular complexity index is 546. The van der Waals surface area contributed by atoms with Gasteiger partial charge in [-0.15, -0.1) is 0 Å². The largest absolute Gasteiger partial charge is 0.478 e. The second kappa shape index (κ2) is 4.56. The number of halogens is 1. The van der Waals surface area contributed by atoms with Gasteiger partial charge in [0.05, 0.1) is 17.4 Å². The SMILES string of the molecule is O=C(O)c1ccc(Nc2cnccn2)c(F)c1. The molecule has 0 saturated heterocycles. The van der Waals surface area contributed by atoms with Gasteiger partial charge in [0.1, 0.15) is 11.6 Å². The fourth-order valence-electron chi connectivity index (χ4n) is 1.25. The zero-order valence-electron chi connectivity index (χ0n) is 8.59. The highest BCUT2D eigenvalue weighted by molar-refractivity contribution is 5.88. The summed E-state index contributed by atoms with van der Waals surface area (Å²) in [7, 11) is 0. The summed E-state index contributed by atoms with van der Waals surface area (Å²) in [5, 5.41) is 11.4. The van der Waals surface area contributed by atoms with Crippen LogP contribution in [-0.2, 0) is 0 Å². The van der Waals surface area contributed by atoms with Gasteiger partial charge in [0, 0.05) is 12.4 Å². The number of anilines is 2. The van der Waals surface area contributed by atoms with Crippen LogP contribution >= 0.6 is 0 Å². The van der Waals surface area contributed by atoms with Crippen molar-refractivity contribution in [2.45, 2.75) is 0 Å². The summed E-state index contributed by atoms with van der Waals surface area (Å²) >= 11 is 0. The predicted octanol–water partition coefficient (Wildman–Crippen LogP) is 2.06. The van der Waals surface area contributed by atoms with E-state index >= 15 is 0 Å². The quantitative estimate of drug-likeness (QED) is 0.848. The first-order chi connectivity index (χ1) is 8.16. The van der Waals surface area contributed by atoms with Gasteiger partial charge in [-0.3, -0.25) is 4.98 Å². The Hall–Kier alpha value is -2.50. The van der Waals surface area contributed by atoms with E-state index in [-0.39, 0.29) is 11.3 Å². The molecule has 0 atom stereocenters. The molecule has 0 bridgehead atoms. The molecule has 2 aromatic rings. The van der Waals surface area contributed by atoms with E-state index in [4.69, 9.17) is 5.11 Å². The molecule has 6 heteroatoms. The third-order valence-corrected chi connectivity index (χ3v) is 2.04. The average Bonchev–Trinajstić information content (AvgIpc) is 2.33. The molecule has 0 fully saturated rings. The van der Waals surface area contributed by atoms with E-state index in [1.807, 2.05) is 0 Å². The number of nitrogens with zero attached hydrogens (tertiary/aromatic N) is 2. The van der Waals surface area contributed by atoms with Gasteiger partial charge in [-0.25, -0.2) is 14.2 Å². The second-order valence-corrected chi connectivity index (χ2v) is 3.22. The van der Waals surface area contributed by atoms with Crippen molar-refractivity contribution < 1.29 is 14.3 Å². The van der Waals surface area contributed by atoms with Crippen molar-refractivity contribution in [3.63, 3.8) is 0 Å². The van der Waals surface area contributed by atoms with Crippen LogP contribution in [0, 0.1) is 5.82 Å². The van der Waals surface area contributed by atoms with Crippen molar-refractivity contribution in [1.29, 1.82) is 0 Å². The second-order valence-electron chi connectivity index (χ2n) is 3.22. The predicted molar refractivity (Wildman–Crippen MR) is 58.7 cm³/mol. The maximum Gasteiger partial charge on any atom is 0.335 e. The van der Waals surface area contributed by atoms with E-state index < -0.39 is 11.8 Å². The Morgan fingerprint density at radius 2 is 2.18 bits per heavy atom. The highest BCUT2D eigenvalue weighted by Crippen LogP contribution is 2.19. The summed E-state index contributed by atoms with van der Waals surface area (Å²) in [6, 6.07) is 3.60. The molecule has 0 unspecified atom stereocenters. The minimum atomic E-state index is -1.17. The number of hydrogen-bond acceptors (Lipinski definition) is 4. The molecule has 2 N–H and O–H groups in total. The lowest BCUT2D eigenvalue weighted by Gasteiger charge is -2.06. The van der Waals surface area contributed by atoms with E-state index in [2.05, 4.69) is 15.3 Å². The fourth-order valence-corrected chi connectivity index (χ4v) is 1.25. The summed E-state index contributed by atoms with van der Waals surface area (Å²) < 4.78 is 13.5. The van der Waals surface area contributed by atoms with Gasteiger partial charge in [0.15, 0.2) is 0 Å². The molecular weight excluding hydrogens is 225 g/mol. The third kappa shape index (κ3) is 2.54. The molecule has 17 heavy (non-hydrogen) atoms. The van der Waals surface area contributed by atoms with Crippen molar-refractivity contribution in [1.82, 2.24) is 9.97 Å². The number of carbonyl (C=O) groups is 1. The van der Waals surface area contributed by atoms with E-state index in [0.717, 1.165) is 6.07 Å². The lowest BCUT2D eigenvalue weighted by atomic mass is 10.2. The first-order valence-corrected chi connectivity index (χ1v) is 4.72. The third-order valence-electron chi connectivity index (χ3n) is 2.04. The lowest BCUT2D eigenvalue weighted by molar-refractivity contribution is 0.0696. The Morgan fingerprint density at radius 3 is 2.76 bits per heavy atom. The molecule has 0 aliphatic rings. The van der Waals surface area contributed by atoms with Crippen LogP contribution in [0.2, 0.25) is 0 Å². The number of benzene rings is 1. The molecule has 0 saturated carbocycles. The van der Waals surface area contributed by atoms with E-state index in [9.17, 15) is 9.18 Å². The highest BCUT2D eigenvalue weighted by Gasteiger charge is 2.08. The van der Waals surface area contributed by atoms with Gasteiger partial charge < -0.3 is 10.4 Å². The topological polar surface area (TPSA) is 75.1 Å². The zero-order chi connectivity index (χ0) is 12.3. The Balaban J connectivity index is 2.26. The van der Waals surface area contributed by atoms with Crippen LogP contribution in [-0.4, -0.2) is 21.0 Å². The van der Waals surface area contributed by atoms with E-state index in [0.29, 0.717) is 5.82 Å². The maximum absolute atomic E-state index is 13.5. The van der Waals surface area contributed by atoms with Gasteiger partial charge in [0.2, 0.25) is 0 Å². The molecule has 0 aliphatic carbocycles. The fraction of sp³-hybridized carbons (Fsp3) is 0. The van der Waals surface area contributed by atoms with Crippen LogP contribution in [0.3, 0.4) is 0 Å². The van der Waals surface area contributed by atoms with Gasteiger partial charge >= 0.3 is 5.97 Å². The Kier molecular flexibility index (Phi) is 2.95. The lowest BCUT2D eigenvalue weighted by Crippen LogP contribution is -2.00. The summed E-state index contributed by atoms with van der Waals surface area (Å²) in [6.45, 7) is 0. The Morgan fingerprint density at radius 1 is 1.35 bits per heavy atom. The number of carboxylic acid groups (broad SMARTS) is 1. The van der Waals surface area contributed by atoms with E-state index in [1.54, 1.807) is 0 Å². The van der Waals surface area contributed by atoms with Crippen LogP contribution in [0.4, 0.5) is 15.9 Å². The Labute approximate surface area is 96.0 Å². The number of carboxylic acids is 1. The van der Waals surface area contributed by atoms with Crippen LogP contribution in [0.1, 0.15) is 10.4 Å². The number of aromatic carboxylic acids is 1. The number of nitrogens with one attached hydrogen (secondary N) is 1. The zero-order valence-corrected chi connectivity index (χ0v) is 8.59. The van der Waals surface area contributed by atoms with Crippen LogP contribution in [0.25, 0.3) is 0 Å². The maximum atomic E-state index is 13.5. The monoisotopic (exact) mass is 233 g/mol. The average molecular weight is 233 g/mol. The standard InChI is InChI=1S/C11H8FN3O2/c12-8-5-7(11(16)17)1-2-9(8)15-10-6-13-3-4-14-10/h1-6H,(H,14,15)(H,16,17).